The van der Waals surface area contributed by atoms with Gasteiger partial charge in [0, 0.05) is 19.6 Å². The van der Waals surface area contributed by atoms with Crippen molar-refractivity contribution >= 4 is 0 Å². The van der Waals surface area contributed by atoms with Crippen LogP contribution in [0.5, 0.6) is 11.5 Å². The van der Waals surface area contributed by atoms with E-state index < -0.39 is 0 Å². The molecule has 1 saturated heterocycles. The molecule has 0 aliphatic carbocycles. The van der Waals surface area contributed by atoms with Crippen molar-refractivity contribution in [2.75, 3.05) is 40.8 Å². The highest BCUT2D eigenvalue weighted by molar-refractivity contribution is 5.41. The Morgan fingerprint density at radius 2 is 2.26 bits per heavy atom. The van der Waals surface area contributed by atoms with Crippen LogP contribution in [0.1, 0.15) is 12.0 Å². The van der Waals surface area contributed by atoms with Crippen LogP contribution in [0.2, 0.25) is 0 Å². The van der Waals surface area contributed by atoms with Crippen molar-refractivity contribution in [3.05, 3.63) is 23.8 Å². The molecule has 1 aliphatic heterocycles. The number of benzene rings is 1. The highest BCUT2D eigenvalue weighted by Crippen LogP contribution is 2.27. The minimum absolute atomic E-state index is 0.200. The van der Waals surface area contributed by atoms with Crippen LogP contribution >= 0.6 is 0 Å². The highest BCUT2D eigenvalue weighted by Gasteiger charge is 2.20. The van der Waals surface area contributed by atoms with E-state index >= 15 is 0 Å². The summed E-state index contributed by atoms with van der Waals surface area (Å²) in [7, 11) is 5.92. The molecule has 0 saturated carbocycles. The van der Waals surface area contributed by atoms with Gasteiger partial charge in [-0.05, 0) is 50.7 Å². The number of phenols is 1. The first kappa shape index (κ1) is 14.2. The van der Waals surface area contributed by atoms with Crippen LogP contribution in [0.15, 0.2) is 18.2 Å². The summed E-state index contributed by atoms with van der Waals surface area (Å²) in [5.41, 5.74) is 1.17. The van der Waals surface area contributed by atoms with Crippen molar-refractivity contribution in [1.82, 2.24) is 9.80 Å². The summed E-state index contributed by atoms with van der Waals surface area (Å²) in [5, 5.41) is 9.58. The summed E-state index contributed by atoms with van der Waals surface area (Å²) in [6.45, 7) is 4.42. The fourth-order valence-corrected chi connectivity index (χ4v) is 2.81. The van der Waals surface area contributed by atoms with Gasteiger partial charge < -0.3 is 19.6 Å². The lowest BCUT2D eigenvalue weighted by Gasteiger charge is -2.21. The second-order valence-electron chi connectivity index (χ2n) is 5.62. The predicted octanol–water partition coefficient (Wildman–Crippen LogP) is 1.78. The molecule has 4 nitrogen and oxygen atoms in total. The number of hydrogen-bond donors (Lipinski definition) is 1. The Morgan fingerprint density at radius 3 is 2.89 bits per heavy atom. The molecule has 0 amide bonds. The topological polar surface area (TPSA) is 35.9 Å². The Labute approximate surface area is 115 Å². The maximum absolute atomic E-state index is 9.58. The third kappa shape index (κ3) is 3.85. The van der Waals surface area contributed by atoms with Crippen molar-refractivity contribution in [3.8, 4) is 11.5 Å². The van der Waals surface area contributed by atoms with E-state index in [1.165, 1.54) is 25.1 Å². The molecule has 106 valence electrons. The molecule has 1 unspecified atom stereocenters. The number of aromatic hydroxyl groups is 1. The molecule has 1 atom stereocenters. The smallest absolute Gasteiger partial charge is 0.160 e. The van der Waals surface area contributed by atoms with Crippen molar-refractivity contribution in [2.24, 2.45) is 5.92 Å². The van der Waals surface area contributed by atoms with Gasteiger partial charge in [0.2, 0.25) is 0 Å². The first-order valence-corrected chi connectivity index (χ1v) is 6.81. The lowest BCUT2D eigenvalue weighted by atomic mass is 10.1. The van der Waals surface area contributed by atoms with Crippen LogP contribution in [-0.2, 0) is 6.54 Å². The molecule has 4 heteroatoms. The second kappa shape index (κ2) is 6.26. The van der Waals surface area contributed by atoms with E-state index in [1.807, 2.05) is 12.1 Å². The maximum Gasteiger partial charge on any atom is 0.160 e. The molecule has 0 aromatic heterocycles. The third-order valence-electron chi connectivity index (χ3n) is 3.76. The minimum atomic E-state index is 0.200. The van der Waals surface area contributed by atoms with Gasteiger partial charge in [-0.3, -0.25) is 0 Å². The zero-order valence-electron chi connectivity index (χ0n) is 12.1. The Bertz CT molecular complexity index is 423. The van der Waals surface area contributed by atoms with Crippen LogP contribution in [0.25, 0.3) is 0 Å². The minimum Gasteiger partial charge on any atom is -0.504 e. The van der Waals surface area contributed by atoms with Crippen molar-refractivity contribution in [3.63, 3.8) is 0 Å². The normalized spacial score (nSPS) is 20.1. The first-order chi connectivity index (χ1) is 9.08. The van der Waals surface area contributed by atoms with Gasteiger partial charge in [-0.15, -0.1) is 0 Å². The van der Waals surface area contributed by atoms with E-state index in [-0.39, 0.29) is 5.75 Å². The molecule has 1 fully saturated rings. The number of nitrogens with zero attached hydrogens (tertiary/aromatic N) is 2. The van der Waals surface area contributed by atoms with Crippen LogP contribution in [0.4, 0.5) is 0 Å². The van der Waals surface area contributed by atoms with Crippen LogP contribution in [0.3, 0.4) is 0 Å². The number of likely N-dealkylation sites (tertiary alicyclic amines) is 1. The number of rotatable bonds is 5. The summed E-state index contributed by atoms with van der Waals surface area (Å²) in [5.74, 6) is 1.52. The van der Waals surface area contributed by atoms with Gasteiger partial charge in [0.05, 0.1) is 7.11 Å². The Hall–Kier alpha value is -1.26. The molecule has 1 aliphatic rings. The zero-order chi connectivity index (χ0) is 13.8. The first-order valence-electron chi connectivity index (χ1n) is 6.81. The molecule has 1 aromatic carbocycles. The fraction of sp³-hybridized carbons (Fsp3) is 0.600. The van der Waals surface area contributed by atoms with E-state index in [4.69, 9.17) is 4.74 Å². The van der Waals surface area contributed by atoms with E-state index in [9.17, 15) is 5.11 Å². The largest absolute Gasteiger partial charge is 0.504 e. The summed E-state index contributed by atoms with van der Waals surface area (Å²) in [4.78, 5) is 4.73. The monoisotopic (exact) mass is 264 g/mol. The van der Waals surface area contributed by atoms with E-state index in [1.54, 1.807) is 13.2 Å². The summed E-state index contributed by atoms with van der Waals surface area (Å²) < 4.78 is 5.14. The lowest BCUT2D eigenvalue weighted by Crippen LogP contribution is -2.27. The van der Waals surface area contributed by atoms with Crippen molar-refractivity contribution in [2.45, 2.75) is 13.0 Å². The lowest BCUT2D eigenvalue weighted by molar-refractivity contribution is 0.266. The molecule has 0 bridgehead atoms. The van der Waals surface area contributed by atoms with Gasteiger partial charge in [0.15, 0.2) is 11.5 Å². The number of methoxy groups -OCH3 is 1. The molecule has 19 heavy (non-hydrogen) atoms. The average Bonchev–Trinajstić information content (AvgIpc) is 2.77. The highest BCUT2D eigenvalue weighted by atomic mass is 16.5. The predicted molar refractivity (Wildman–Crippen MR) is 76.6 cm³/mol. The molecular weight excluding hydrogens is 240 g/mol. The van der Waals surface area contributed by atoms with E-state index in [0.29, 0.717) is 5.75 Å². The number of ether oxygens (including phenoxy) is 1. The van der Waals surface area contributed by atoms with Crippen LogP contribution in [0, 0.1) is 5.92 Å². The molecule has 0 radical (unpaired) electrons. The zero-order valence-corrected chi connectivity index (χ0v) is 12.1. The summed E-state index contributed by atoms with van der Waals surface area (Å²) >= 11 is 0. The second-order valence-corrected chi connectivity index (χ2v) is 5.62. The van der Waals surface area contributed by atoms with Gasteiger partial charge in [-0.2, -0.15) is 0 Å². The van der Waals surface area contributed by atoms with Crippen LogP contribution < -0.4 is 4.74 Å². The molecule has 1 heterocycles. The van der Waals surface area contributed by atoms with Crippen molar-refractivity contribution in [1.29, 1.82) is 0 Å². The van der Waals surface area contributed by atoms with Gasteiger partial charge in [0.25, 0.3) is 0 Å². The Morgan fingerprint density at radius 1 is 1.47 bits per heavy atom. The van der Waals surface area contributed by atoms with Crippen LogP contribution in [-0.4, -0.2) is 55.7 Å². The quantitative estimate of drug-likeness (QED) is 0.879. The standard InChI is InChI=1S/C15H24N2O2/c1-16-7-6-13(10-16)11-17(2)9-12-4-5-14(18)15(8-12)19-3/h4-5,8,13,18H,6-7,9-11H2,1-3H3. The molecule has 1 N–H and O–H groups in total. The van der Waals surface area contributed by atoms with Gasteiger partial charge >= 0.3 is 0 Å². The molecular formula is C15H24N2O2. The molecule has 0 spiro atoms. The summed E-state index contributed by atoms with van der Waals surface area (Å²) in [6, 6.07) is 5.56. The third-order valence-corrected chi connectivity index (χ3v) is 3.76. The van der Waals surface area contributed by atoms with Crippen molar-refractivity contribution < 1.29 is 9.84 Å². The summed E-state index contributed by atoms with van der Waals surface area (Å²) in [6.07, 6.45) is 1.29. The maximum atomic E-state index is 9.58. The Balaban J connectivity index is 1.89. The SMILES string of the molecule is COc1cc(CN(C)CC2CCN(C)C2)ccc1O. The van der Waals surface area contributed by atoms with E-state index in [2.05, 4.69) is 23.9 Å². The van der Waals surface area contributed by atoms with E-state index in [0.717, 1.165) is 19.0 Å². The Kier molecular flexibility index (Phi) is 4.66. The van der Waals surface area contributed by atoms with Gasteiger partial charge in [0.1, 0.15) is 0 Å². The fourth-order valence-electron chi connectivity index (χ4n) is 2.81. The molecule has 1 aromatic rings. The van der Waals surface area contributed by atoms with Gasteiger partial charge in [-0.25, -0.2) is 0 Å². The van der Waals surface area contributed by atoms with Gasteiger partial charge in [-0.1, -0.05) is 6.07 Å². The number of hydrogen-bond acceptors (Lipinski definition) is 4. The number of phenolic OH excluding ortho intramolecular Hbond substituents is 1. The molecule has 2 rings (SSSR count). The average molecular weight is 264 g/mol.